The zero-order valence-electron chi connectivity index (χ0n) is 19.0. The van der Waals surface area contributed by atoms with E-state index in [0.29, 0.717) is 12.6 Å². The molecule has 0 saturated carbocycles. The van der Waals surface area contributed by atoms with Crippen LogP contribution >= 0.6 is 0 Å². The molecule has 166 valence electrons. The largest absolute Gasteiger partial charge is 0.369 e. The average molecular weight is 421 g/mol. The van der Waals surface area contributed by atoms with E-state index in [2.05, 4.69) is 75.7 Å². The summed E-state index contributed by atoms with van der Waals surface area (Å²) in [6, 6.07) is 13.5. The van der Waals surface area contributed by atoms with Gasteiger partial charge in [0.05, 0.1) is 6.54 Å². The van der Waals surface area contributed by atoms with Crippen LogP contribution in [0.15, 0.2) is 47.6 Å². The Labute approximate surface area is 186 Å². The highest BCUT2D eigenvalue weighted by atomic mass is 15.2. The third kappa shape index (κ3) is 5.90. The lowest BCUT2D eigenvalue weighted by molar-refractivity contribution is 0.573. The molecule has 1 aromatic heterocycles. The van der Waals surface area contributed by atoms with E-state index in [0.717, 1.165) is 50.9 Å². The van der Waals surface area contributed by atoms with Crippen LogP contribution in [0.3, 0.4) is 0 Å². The number of benzene rings is 1. The van der Waals surface area contributed by atoms with Crippen LogP contribution in [-0.4, -0.2) is 49.7 Å². The fraction of sp³-hybridized carbons (Fsp3) is 0.520. The number of nitrogens with zero attached hydrogens (tertiary/aromatic N) is 4. The van der Waals surface area contributed by atoms with Gasteiger partial charge in [0.2, 0.25) is 0 Å². The molecule has 6 nitrogen and oxygen atoms in total. The van der Waals surface area contributed by atoms with Crippen LogP contribution in [0.4, 0.5) is 11.5 Å². The molecule has 2 N–H and O–H groups in total. The number of piperidine rings is 1. The molecule has 4 rings (SSSR count). The minimum Gasteiger partial charge on any atom is -0.369 e. The van der Waals surface area contributed by atoms with Gasteiger partial charge in [-0.2, -0.15) is 0 Å². The molecule has 0 amide bonds. The topological polar surface area (TPSA) is 55.8 Å². The van der Waals surface area contributed by atoms with Crippen LogP contribution in [0.5, 0.6) is 0 Å². The summed E-state index contributed by atoms with van der Waals surface area (Å²) >= 11 is 0. The molecule has 2 saturated heterocycles. The van der Waals surface area contributed by atoms with Crippen molar-refractivity contribution in [3.8, 4) is 0 Å². The van der Waals surface area contributed by atoms with Gasteiger partial charge in [0.15, 0.2) is 5.96 Å². The normalized spacial score (nSPS) is 19.5. The highest BCUT2D eigenvalue weighted by Gasteiger charge is 2.23. The maximum atomic E-state index is 4.87. The van der Waals surface area contributed by atoms with E-state index in [1.807, 2.05) is 6.20 Å². The van der Waals surface area contributed by atoms with Gasteiger partial charge < -0.3 is 20.4 Å². The molecule has 1 unspecified atom stereocenters. The van der Waals surface area contributed by atoms with Gasteiger partial charge in [-0.15, -0.1) is 0 Å². The van der Waals surface area contributed by atoms with Gasteiger partial charge in [0.1, 0.15) is 5.82 Å². The van der Waals surface area contributed by atoms with Crippen molar-refractivity contribution in [2.75, 3.05) is 42.5 Å². The minimum absolute atomic E-state index is 0.403. The summed E-state index contributed by atoms with van der Waals surface area (Å²) < 4.78 is 0. The van der Waals surface area contributed by atoms with Crippen LogP contribution in [0.1, 0.15) is 43.7 Å². The predicted octanol–water partition coefficient (Wildman–Crippen LogP) is 3.71. The van der Waals surface area contributed by atoms with Crippen LogP contribution in [0, 0.1) is 6.92 Å². The van der Waals surface area contributed by atoms with Crippen molar-refractivity contribution in [1.29, 1.82) is 0 Å². The molecule has 6 heteroatoms. The molecule has 0 aliphatic carbocycles. The van der Waals surface area contributed by atoms with E-state index < -0.39 is 0 Å². The van der Waals surface area contributed by atoms with Crippen LogP contribution < -0.4 is 20.4 Å². The summed E-state index contributed by atoms with van der Waals surface area (Å²) in [7, 11) is 0. The number of aromatic nitrogens is 1. The Balaban J connectivity index is 1.36. The zero-order chi connectivity index (χ0) is 21.5. The number of guanidine groups is 1. The molecule has 1 atom stereocenters. The average Bonchev–Trinajstić information content (AvgIpc) is 3.27. The van der Waals surface area contributed by atoms with Crippen molar-refractivity contribution >= 4 is 17.5 Å². The highest BCUT2D eigenvalue weighted by Crippen LogP contribution is 2.21. The molecule has 0 spiro atoms. The SMILES string of the molecule is CCNC(=NCc1ccnc(N2CCCCC2)c1)NC1CCN(c2ccc(C)cc2)C1. The van der Waals surface area contributed by atoms with Crippen LogP contribution in [-0.2, 0) is 6.54 Å². The Morgan fingerprint density at radius 1 is 1.06 bits per heavy atom. The highest BCUT2D eigenvalue weighted by molar-refractivity contribution is 5.80. The second-order valence-corrected chi connectivity index (χ2v) is 8.68. The summed E-state index contributed by atoms with van der Waals surface area (Å²) in [5.41, 5.74) is 3.82. The summed E-state index contributed by atoms with van der Waals surface area (Å²) in [4.78, 5) is 14.3. The molecule has 2 aliphatic heterocycles. The van der Waals surface area contributed by atoms with Crippen molar-refractivity contribution in [1.82, 2.24) is 15.6 Å². The molecule has 2 aromatic rings. The van der Waals surface area contributed by atoms with E-state index in [1.165, 1.54) is 36.1 Å². The molecule has 2 fully saturated rings. The van der Waals surface area contributed by atoms with E-state index >= 15 is 0 Å². The monoisotopic (exact) mass is 420 g/mol. The first-order valence-electron chi connectivity index (χ1n) is 11.8. The fourth-order valence-electron chi connectivity index (χ4n) is 4.41. The second kappa shape index (κ2) is 10.5. The Hall–Kier alpha value is -2.76. The Kier molecular flexibility index (Phi) is 7.28. The smallest absolute Gasteiger partial charge is 0.191 e. The van der Waals surface area contributed by atoms with Crippen LogP contribution in [0.2, 0.25) is 0 Å². The van der Waals surface area contributed by atoms with Gasteiger partial charge in [0.25, 0.3) is 0 Å². The standard InChI is InChI=1S/C25H36N6/c1-3-26-25(29-22-12-16-31(19-22)23-9-7-20(2)8-10-23)28-18-21-11-13-27-24(17-21)30-14-5-4-6-15-30/h7-11,13,17,22H,3-6,12,14-16,18-19H2,1-2H3,(H2,26,28,29). The van der Waals surface area contributed by atoms with Gasteiger partial charge in [-0.25, -0.2) is 9.98 Å². The first-order valence-corrected chi connectivity index (χ1v) is 11.8. The van der Waals surface area contributed by atoms with E-state index in [-0.39, 0.29) is 0 Å². The van der Waals surface area contributed by atoms with Gasteiger partial charge in [0, 0.05) is 50.6 Å². The van der Waals surface area contributed by atoms with Crippen molar-refractivity contribution in [2.45, 2.75) is 52.1 Å². The van der Waals surface area contributed by atoms with Crippen molar-refractivity contribution in [3.63, 3.8) is 0 Å². The van der Waals surface area contributed by atoms with Gasteiger partial charge in [-0.3, -0.25) is 0 Å². The molecular weight excluding hydrogens is 384 g/mol. The van der Waals surface area contributed by atoms with E-state index in [9.17, 15) is 0 Å². The summed E-state index contributed by atoms with van der Waals surface area (Å²) in [6.45, 7) is 10.1. The maximum absolute atomic E-state index is 4.87. The van der Waals surface area contributed by atoms with Gasteiger partial charge in [-0.05, 0) is 69.4 Å². The molecule has 0 bridgehead atoms. The number of aliphatic imine (C=N–C) groups is 1. The molecule has 2 aliphatic rings. The fourth-order valence-corrected chi connectivity index (χ4v) is 4.41. The molecule has 31 heavy (non-hydrogen) atoms. The van der Waals surface area contributed by atoms with Crippen LogP contribution in [0.25, 0.3) is 0 Å². The number of aryl methyl sites for hydroxylation is 1. The lowest BCUT2D eigenvalue weighted by atomic mass is 10.1. The Morgan fingerprint density at radius 3 is 2.65 bits per heavy atom. The third-order valence-corrected chi connectivity index (χ3v) is 6.18. The lowest BCUT2D eigenvalue weighted by Crippen LogP contribution is -2.44. The Bertz CT molecular complexity index is 857. The first kappa shape index (κ1) is 21.5. The number of hydrogen-bond donors (Lipinski definition) is 2. The molecule has 0 radical (unpaired) electrons. The summed E-state index contributed by atoms with van der Waals surface area (Å²) in [5, 5.41) is 7.06. The molecule has 3 heterocycles. The van der Waals surface area contributed by atoms with E-state index in [1.54, 1.807) is 0 Å². The molecule has 1 aromatic carbocycles. The number of rotatable bonds is 6. The Morgan fingerprint density at radius 2 is 1.87 bits per heavy atom. The number of nitrogens with one attached hydrogen (secondary N) is 2. The quantitative estimate of drug-likeness (QED) is 0.551. The minimum atomic E-state index is 0.403. The lowest BCUT2D eigenvalue weighted by Gasteiger charge is -2.27. The number of hydrogen-bond acceptors (Lipinski definition) is 4. The maximum Gasteiger partial charge on any atom is 0.191 e. The first-order chi connectivity index (χ1) is 15.2. The molecular formula is C25H36N6. The summed E-state index contributed by atoms with van der Waals surface area (Å²) in [5.74, 6) is 1.99. The second-order valence-electron chi connectivity index (χ2n) is 8.68. The van der Waals surface area contributed by atoms with Crippen molar-refractivity contribution in [2.24, 2.45) is 4.99 Å². The third-order valence-electron chi connectivity index (χ3n) is 6.18. The van der Waals surface area contributed by atoms with Crippen molar-refractivity contribution in [3.05, 3.63) is 53.7 Å². The number of pyridine rings is 1. The van der Waals surface area contributed by atoms with Gasteiger partial charge in [-0.1, -0.05) is 17.7 Å². The summed E-state index contributed by atoms with van der Waals surface area (Å²) in [6.07, 6.45) is 6.90. The predicted molar refractivity (Wildman–Crippen MR) is 130 cm³/mol. The van der Waals surface area contributed by atoms with Crippen molar-refractivity contribution < 1.29 is 0 Å². The van der Waals surface area contributed by atoms with Gasteiger partial charge >= 0.3 is 0 Å². The zero-order valence-corrected chi connectivity index (χ0v) is 19.0. The number of anilines is 2. The van der Waals surface area contributed by atoms with E-state index in [4.69, 9.17) is 4.99 Å².